The minimum Gasteiger partial charge on any atom is -0.490 e. The first kappa shape index (κ1) is 13.1. The molecule has 0 saturated carbocycles. The second kappa shape index (κ2) is 6.00. The summed E-state index contributed by atoms with van der Waals surface area (Å²) in [5.74, 6) is 0.188. The molecular weight excluding hydrogens is 240 g/mol. The van der Waals surface area contributed by atoms with Gasteiger partial charge in [0.25, 0.3) is 6.43 Å². The van der Waals surface area contributed by atoms with E-state index in [1.54, 1.807) is 6.07 Å². The van der Waals surface area contributed by atoms with Gasteiger partial charge in [0.15, 0.2) is 0 Å². The van der Waals surface area contributed by atoms with Crippen molar-refractivity contribution in [1.82, 2.24) is 0 Å². The van der Waals surface area contributed by atoms with Gasteiger partial charge in [-0.1, -0.05) is 0 Å². The predicted molar refractivity (Wildman–Crippen MR) is 64.9 cm³/mol. The van der Waals surface area contributed by atoms with Crippen molar-refractivity contribution in [2.24, 2.45) is 0 Å². The van der Waals surface area contributed by atoms with Gasteiger partial charge >= 0.3 is 0 Å². The Morgan fingerprint density at radius 2 is 2.22 bits per heavy atom. The zero-order chi connectivity index (χ0) is 13.0. The number of nitrogens with two attached hydrogens (primary N) is 1. The summed E-state index contributed by atoms with van der Waals surface area (Å²) in [6.07, 6.45) is 0.481. The summed E-state index contributed by atoms with van der Waals surface area (Å²) in [6, 6.07) is 4.30. The van der Waals surface area contributed by atoms with Crippen LogP contribution in [0.4, 0.5) is 14.5 Å². The fourth-order valence-electron chi connectivity index (χ4n) is 1.99. The standard InChI is InChI=1S/C13H17F2NO2/c14-13(15)11-7-9(16)4-5-12(11)18-8-10-3-1-2-6-17-10/h4-5,7,10,13H,1-3,6,8,16H2. The van der Waals surface area contributed by atoms with E-state index in [0.717, 1.165) is 25.9 Å². The molecule has 2 rings (SSSR count). The molecule has 1 fully saturated rings. The molecule has 0 bridgehead atoms. The maximum absolute atomic E-state index is 12.8. The lowest BCUT2D eigenvalue weighted by Gasteiger charge is -2.23. The van der Waals surface area contributed by atoms with E-state index in [0.29, 0.717) is 12.3 Å². The fraction of sp³-hybridized carbons (Fsp3) is 0.538. The van der Waals surface area contributed by atoms with Gasteiger partial charge in [0.2, 0.25) is 0 Å². The second-order valence-corrected chi connectivity index (χ2v) is 4.40. The van der Waals surface area contributed by atoms with Crippen molar-refractivity contribution in [1.29, 1.82) is 0 Å². The van der Waals surface area contributed by atoms with Crippen LogP contribution >= 0.6 is 0 Å². The molecule has 1 atom stereocenters. The fourth-order valence-corrected chi connectivity index (χ4v) is 1.99. The molecule has 1 heterocycles. The summed E-state index contributed by atoms with van der Waals surface area (Å²) in [5, 5.41) is 0. The molecule has 1 saturated heterocycles. The third-order valence-corrected chi connectivity index (χ3v) is 2.97. The smallest absolute Gasteiger partial charge is 0.267 e. The zero-order valence-corrected chi connectivity index (χ0v) is 10.1. The molecule has 0 amide bonds. The van der Waals surface area contributed by atoms with Gasteiger partial charge in [-0.3, -0.25) is 0 Å². The number of ether oxygens (including phenoxy) is 2. The van der Waals surface area contributed by atoms with Crippen molar-refractivity contribution < 1.29 is 18.3 Å². The van der Waals surface area contributed by atoms with Crippen molar-refractivity contribution in [2.75, 3.05) is 18.9 Å². The van der Waals surface area contributed by atoms with Gasteiger partial charge in [-0.15, -0.1) is 0 Å². The average molecular weight is 257 g/mol. The first-order valence-electron chi connectivity index (χ1n) is 6.09. The Kier molecular flexibility index (Phi) is 4.36. The molecule has 5 heteroatoms. The van der Waals surface area contributed by atoms with E-state index in [1.165, 1.54) is 12.1 Å². The Balaban J connectivity index is 1.99. The lowest BCUT2D eigenvalue weighted by molar-refractivity contribution is -0.0118. The van der Waals surface area contributed by atoms with E-state index >= 15 is 0 Å². The summed E-state index contributed by atoms with van der Waals surface area (Å²) in [6.45, 7) is 1.03. The monoisotopic (exact) mass is 257 g/mol. The van der Waals surface area contributed by atoms with Crippen LogP contribution in [0.5, 0.6) is 5.75 Å². The average Bonchev–Trinajstić information content (AvgIpc) is 2.38. The quantitative estimate of drug-likeness (QED) is 0.843. The van der Waals surface area contributed by atoms with Crippen molar-refractivity contribution in [3.63, 3.8) is 0 Å². The molecule has 1 aromatic carbocycles. The van der Waals surface area contributed by atoms with Crippen LogP contribution < -0.4 is 10.5 Å². The highest BCUT2D eigenvalue weighted by Crippen LogP contribution is 2.31. The number of anilines is 1. The first-order valence-corrected chi connectivity index (χ1v) is 6.09. The van der Waals surface area contributed by atoms with Crippen molar-refractivity contribution >= 4 is 5.69 Å². The number of nitrogen functional groups attached to an aromatic ring is 1. The van der Waals surface area contributed by atoms with Crippen LogP contribution in [0, 0.1) is 0 Å². The molecule has 100 valence electrons. The molecule has 1 aliphatic rings. The molecule has 18 heavy (non-hydrogen) atoms. The number of benzene rings is 1. The van der Waals surface area contributed by atoms with Gasteiger partial charge < -0.3 is 15.2 Å². The number of rotatable bonds is 4. The number of alkyl halides is 2. The van der Waals surface area contributed by atoms with Gasteiger partial charge in [-0.25, -0.2) is 8.78 Å². The van der Waals surface area contributed by atoms with E-state index in [2.05, 4.69) is 0 Å². The Bertz CT molecular complexity index is 393. The Hall–Kier alpha value is -1.36. The summed E-state index contributed by atoms with van der Waals surface area (Å²) in [7, 11) is 0. The van der Waals surface area contributed by atoms with Crippen LogP contribution in [0.25, 0.3) is 0 Å². The highest BCUT2D eigenvalue weighted by molar-refractivity contribution is 5.48. The van der Waals surface area contributed by atoms with Crippen LogP contribution in [0.2, 0.25) is 0 Å². The van der Waals surface area contributed by atoms with Gasteiger partial charge in [-0.2, -0.15) is 0 Å². The van der Waals surface area contributed by atoms with E-state index < -0.39 is 6.43 Å². The normalized spacial score (nSPS) is 20.1. The third-order valence-electron chi connectivity index (χ3n) is 2.97. The minimum atomic E-state index is -2.59. The Labute approximate surface area is 105 Å². The maximum Gasteiger partial charge on any atom is 0.267 e. The van der Waals surface area contributed by atoms with E-state index in [-0.39, 0.29) is 17.4 Å². The Morgan fingerprint density at radius 1 is 1.39 bits per heavy atom. The molecule has 2 N–H and O–H groups in total. The molecule has 1 aliphatic heterocycles. The van der Waals surface area contributed by atoms with Gasteiger partial charge in [-0.05, 0) is 37.5 Å². The summed E-state index contributed by atoms with van der Waals surface area (Å²) in [4.78, 5) is 0. The molecular formula is C13H17F2NO2. The summed E-state index contributed by atoms with van der Waals surface area (Å²) >= 11 is 0. The zero-order valence-electron chi connectivity index (χ0n) is 10.1. The number of halogens is 2. The van der Waals surface area contributed by atoms with Gasteiger partial charge in [0.05, 0.1) is 11.7 Å². The molecule has 0 radical (unpaired) electrons. The maximum atomic E-state index is 12.8. The summed E-state index contributed by atoms with van der Waals surface area (Å²) in [5.41, 5.74) is 5.64. The Morgan fingerprint density at radius 3 is 2.89 bits per heavy atom. The predicted octanol–water partition coefficient (Wildman–Crippen LogP) is 3.15. The van der Waals surface area contributed by atoms with E-state index in [4.69, 9.17) is 15.2 Å². The number of hydrogen-bond donors (Lipinski definition) is 1. The van der Waals surface area contributed by atoms with E-state index in [9.17, 15) is 8.78 Å². The minimum absolute atomic E-state index is 0.00169. The highest BCUT2D eigenvalue weighted by atomic mass is 19.3. The summed E-state index contributed by atoms with van der Waals surface area (Å²) < 4.78 is 36.5. The second-order valence-electron chi connectivity index (χ2n) is 4.40. The van der Waals surface area contributed by atoms with Crippen molar-refractivity contribution in [2.45, 2.75) is 31.8 Å². The molecule has 0 aliphatic carbocycles. The topological polar surface area (TPSA) is 44.5 Å². The molecule has 1 aromatic rings. The van der Waals surface area contributed by atoms with Crippen LogP contribution in [-0.2, 0) is 4.74 Å². The van der Waals surface area contributed by atoms with Gasteiger partial charge in [0, 0.05) is 12.3 Å². The lowest BCUT2D eigenvalue weighted by Crippen LogP contribution is -2.26. The third kappa shape index (κ3) is 3.32. The van der Waals surface area contributed by atoms with Crippen molar-refractivity contribution in [3.8, 4) is 5.75 Å². The molecule has 0 aromatic heterocycles. The molecule has 1 unspecified atom stereocenters. The van der Waals surface area contributed by atoms with Crippen LogP contribution in [0.3, 0.4) is 0 Å². The molecule has 0 spiro atoms. The van der Waals surface area contributed by atoms with Crippen LogP contribution in [0.15, 0.2) is 18.2 Å². The van der Waals surface area contributed by atoms with Gasteiger partial charge in [0.1, 0.15) is 12.4 Å². The van der Waals surface area contributed by atoms with Crippen LogP contribution in [0.1, 0.15) is 31.3 Å². The van der Waals surface area contributed by atoms with Crippen molar-refractivity contribution in [3.05, 3.63) is 23.8 Å². The SMILES string of the molecule is Nc1ccc(OCC2CCCCO2)c(C(F)F)c1. The highest BCUT2D eigenvalue weighted by Gasteiger charge is 2.18. The first-order chi connectivity index (χ1) is 8.66. The largest absolute Gasteiger partial charge is 0.490 e. The van der Waals surface area contributed by atoms with Crippen LogP contribution in [-0.4, -0.2) is 19.3 Å². The molecule has 3 nitrogen and oxygen atoms in total. The lowest BCUT2D eigenvalue weighted by atomic mass is 10.1. The van der Waals surface area contributed by atoms with E-state index in [1.807, 2.05) is 0 Å². The number of hydrogen-bond acceptors (Lipinski definition) is 3.